The Hall–Kier alpha value is -0.650. The van der Waals surface area contributed by atoms with Crippen molar-refractivity contribution in [2.45, 2.75) is 38.3 Å². The second kappa shape index (κ2) is 7.22. The van der Waals surface area contributed by atoms with Crippen molar-refractivity contribution in [3.05, 3.63) is 0 Å². The minimum atomic E-state index is -0.0953. The predicted octanol–water partition coefficient (Wildman–Crippen LogP) is 0.308. The van der Waals surface area contributed by atoms with Gasteiger partial charge in [-0.05, 0) is 46.3 Å². The van der Waals surface area contributed by atoms with Gasteiger partial charge in [-0.15, -0.1) is 0 Å². The lowest BCUT2D eigenvalue weighted by Crippen LogP contribution is -2.58. The van der Waals surface area contributed by atoms with Crippen molar-refractivity contribution in [1.82, 2.24) is 15.1 Å². The van der Waals surface area contributed by atoms with Gasteiger partial charge in [0, 0.05) is 25.7 Å². The van der Waals surface area contributed by atoms with Crippen molar-refractivity contribution in [1.29, 1.82) is 0 Å². The second-order valence-electron chi connectivity index (χ2n) is 5.60. The van der Waals surface area contributed by atoms with Crippen molar-refractivity contribution in [2.24, 2.45) is 0 Å². The molecule has 2 atom stereocenters. The number of ether oxygens (including phenoxy) is 1. The molecule has 0 aliphatic carbocycles. The highest BCUT2D eigenvalue weighted by Crippen LogP contribution is 2.20. The predicted molar refractivity (Wildman–Crippen MR) is 75.1 cm³/mol. The Kier molecular flexibility index (Phi) is 5.60. The minimum Gasteiger partial charge on any atom is -0.465 e. The van der Waals surface area contributed by atoms with E-state index in [-0.39, 0.29) is 12.0 Å². The number of nitrogens with zero attached hydrogens (tertiary/aromatic N) is 2. The Morgan fingerprint density at radius 2 is 2.16 bits per heavy atom. The molecule has 0 amide bonds. The summed E-state index contributed by atoms with van der Waals surface area (Å²) in [7, 11) is 2.18. The SMILES string of the molecule is CCOC(=O)C1CNCCN1C1CCCN(C)CC1. The van der Waals surface area contributed by atoms with Gasteiger partial charge in [0.15, 0.2) is 0 Å². The summed E-state index contributed by atoms with van der Waals surface area (Å²) >= 11 is 0. The van der Waals surface area contributed by atoms with E-state index < -0.39 is 0 Å². The van der Waals surface area contributed by atoms with Crippen molar-refractivity contribution < 1.29 is 9.53 Å². The lowest BCUT2D eigenvalue weighted by molar-refractivity contribution is -0.151. The van der Waals surface area contributed by atoms with Crippen LogP contribution in [0.2, 0.25) is 0 Å². The lowest BCUT2D eigenvalue weighted by atomic mass is 10.0. The van der Waals surface area contributed by atoms with Gasteiger partial charge >= 0.3 is 5.97 Å². The maximum atomic E-state index is 12.1. The first-order chi connectivity index (χ1) is 9.22. The number of likely N-dealkylation sites (tertiary alicyclic amines) is 1. The summed E-state index contributed by atoms with van der Waals surface area (Å²) in [4.78, 5) is 16.9. The number of rotatable bonds is 3. The monoisotopic (exact) mass is 269 g/mol. The van der Waals surface area contributed by atoms with Crippen LogP contribution in [0.1, 0.15) is 26.2 Å². The van der Waals surface area contributed by atoms with E-state index in [4.69, 9.17) is 4.74 Å². The molecular formula is C14H27N3O2. The van der Waals surface area contributed by atoms with Gasteiger partial charge < -0.3 is 15.0 Å². The highest BCUT2D eigenvalue weighted by molar-refractivity contribution is 5.76. The highest BCUT2D eigenvalue weighted by Gasteiger charge is 2.34. The third-order valence-electron chi connectivity index (χ3n) is 4.23. The summed E-state index contributed by atoms with van der Waals surface area (Å²) in [6, 6.07) is 0.434. The van der Waals surface area contributed by atoms with E-state index in [1.807, 2.05) is 6.92 Å². The first-order valence-electron chi connectivity index (χ1n) is 7.54. The zero-order chi connectivity index (χ0) is 13.7. The van der Waals surface area contributed by atoms with Gasteiger partial charge in [0.05, 0.1) is 6.61 Å². The molecule has 2 saturated heterocycles. The molecule has 110 valence electrons. The topological polar surface area (TPSA) is 44.8 Å². The Morgan fingerprint density at radius 3 is 2.95 bits per heavy atom. The van der Waals surface area contributed by atoms with E-state index in [0.29, 0.717) is 12.6 Å². The zero-order valence-electron chi connectivity index (χ0n) is 12.2. The molecule has 2 aliphatic heterocycles. The maximum Gasteiger partial charge on any atom is 0.324 e. The van der Waals surface area contributed by atoms with Crippen molar-refractivity contribution >= 4 is 5.97 Å². The molecule has 2 rings (SSSR count). The van der Waals surface area contributed by atoms with Gasteiger partial charge in [0.1, 0.15) is 6.04 Å². The highest BCUT2D eigenvalue weighted by atomic mass is 16.5. The zero-order valence-corrected chi connectivity index (χ0v) is 12.2. The van der Waals surface area contributed by atoms with Crippen molar-refractivity contribution in [3.63, 3.8) is 0 Å². The van der Waals surface area contributed by atoms with Crippen LogP contribution in [0.3, 0.4) is 0 Å². The van der Waals surface area contributed by atoms with Crippen LogP contribution in [0.25, 0.3) is 0 Å². The van der Waals surface area contributed by atoms with Crippen LogP contribution in [0.4, 0.5) is 0 Å². The summed E-state index contributed by atoms with van der Waals surface area (Å²) in [5.41, 5.74) is 0. The summed E-state index contributed by atoms with van der Waals surface area (Å²) in [6.45, 7) is 7.30. The molecule has 1 N–H and O–H groups in total. The van der Waals surface area contributed by atoms with Crippen LogP contribution >= 0.6 is 0 Å². The first kappa shape index (κ1) is 14.8. The van der Waals surface area contributed by atoms with Gasteiger partial charge in [-0.1, -0.05) is 0 Å². The molecule has 19 heavy (non-hydrogen) atoms. The number of carbonyl (C=O) groups is 1. The minimum absolute atomic E-state index is 0.0627. The fourth-order valence-electron chi connectivity index (χ4n) is 3.17. The average molecular weight is 269 g/mol. The lowest BCUT2D eigenvalue weighted by Gasteiger charge is -2.39. The van der Waals surface area contributed by atoms with Gasteiger partial charge in [-0.3, -0.25) is 9.69 Å². The summed E-state index contributed by atoms with van der Waals surface area (Å²) in [5.74, 6) is -0.0627. The molecule has 0 spiro atoms. The van der Waals surface area contributed by atoms with E-state index >= 15 is 0 Å². The molecule has 0 saturated carbocycles. The smallest absolute Gasteiger partial charge is 0.324 e. The second-order valence-corrected chi connectivity index (χ2v) is 5.60. The molecule has 2 unspecified atom stereocenters. The van der Waals surface area contributed by atoms with Gasteiger partial charge in [0.25, 0.3) is 0 Å². The number of carbonyl (C=O) groups excluding carboxylic acids is 1. The molecule has 2 aliphatic rings. The fourth-order valence-corrected chi connectivity index (χ4v) is 3.17. The Morgan fingerprint density at radius 1 is 1.32 bits per heavy atom. The number of nitrogens with one attached hydrogen (secondary N) is 1. The first-order valence-corrected chi connectivity index (χ1v) is 7.54. The summed E-state index contributed by atoms with van der Waals surface area (Å²) in [5, 5.41) is 3.31. The molecule has 5 nitrogen and oxygen atoms in total. The van der Waals surface area contributed by atoms with E-state index in [2.05, 4.69) is 22.2 Å². The molecule has 5 heteroatoms. The maximum absolute atomic E-state index is 12.1. The Balaban J connectivity index is 1.99. The van der Waals surface area contributed by atoms with Crippen LogP contribution in [0.5, 0.6) is 0 Å². The molecule has 0 aromatic carbocycles. The van der Waals surface area contributed by atoms with E-state index in [1.54, 1.807) is 0 Å². The van der Waals surface area contributed by atoms with Crippen LogP contribution in [-0.4, -0.2) is 74.2 Å². The standard InChI is InChI=1S/C14H27N3O2/c1-3-19-14(18)13-11-15-7-10-17(13)12-5-4-8-16(2)9-6-12/h12-13,15H,3-11H2,1-2H3. The summed E-state index contributed by atoms with van der Waals surface area (Å²) in [6.07, 6.45) is 3.58. The van der Waals surface area contributed by atoms with Crippen LogP contribution in [0, 0.1) is 0 Å². The van der Waals surface area contributed by atoms with Crippen LogP contribution in [-0.2, 0) is 9.53 Å². The van der Waals surface area contributed by atoms with Gasteiger partial charge in [0.2, 0.25) is 0 Å². The molecule has 0 bridgehead atoms. The number of piperazine rings is 1. The average Bonchev–Trinajstić information content (AvgIpc) is 2.64. The largest absolute Gasteiger partial charge is 0.465 e. The quantitative estimate of drug-likeness (QED) is 0.747. The molecule has 2 heterocycles. The normalized spacial score (nSPS) is 30.8. The van der Waals surface area contributed by atoms with Crippen molar-refractivity contribution in [3.8, 4) is 0 Å². The van der Waals surface area contributed by atoms with Gasteiger partial charge in [-0.2, -0.15) is 0 Å². The fraction of sp³-hybridized carbons (Fsp3) is 0.929. The number of hydrogen-bond acceptors (Lipinski definition) is 5. The Bertz CT molecular complexity index is 298. The number of hydrogen-bond donors (Lipinski definition) is 1. The molecule has 0 aromatic rings. The van der Waals surface area contributed by atoms with Crippen LogP contribution in [0.15, 0.2) is 0 Å². The number of esters is 1. The van der Waals surface area contributed by atoms with E-state index in [0.717, 1.165) is 32.6 Å². The van der Waals surface area contributed by atoms with Crippen molar-refractivity contribution in [2.75, 3.05) is 46.4 Å². The van der Waals surface area contributed by atoms with Crippen LogP contribution < -0.4 is 5.32 Å². The van der Waals surface area contributed by atoms with Gasteiger partial charge in [-0.25, -0.2) is 0 Å². The molecule has 2 fully saturated rings. The molecule has 0 radical (unpaired) electrons. The van der Waals surface area contributed by atoms with E-state index in [9.17, 15) is 4.79 Å². The summed E-state index contributed by atoms with van der Waals surface area (Å²) < 4.78 is 5.22. The molecule has 0 aromatic heterocycles. The third kappa shape index (κ3) is 3.91. The molecular weight excluding hydrogens is 242 g/mol. The van der Waals surface area contributed by atoms with E-state index in [1.165, 1.54) is 19.4 Å². The third-order valence-corrected chi connectivity index (χ3v) is 4.23. The Labute approximate surface area is 116 Å².